The molecule has 170 valence electrons. The van der Waals surface area contributed by atoms with E-state index in [1.165, 1.54) is 28.0 Å². The number of benzene rings is 2. The number of fused-ring (bicyclic) bond motifs is 2. The van der Waals surface area contributed by atoms with E-state index in [1.807, 2.05) is 36.0 Å². The summed E-state index contributed by atoms with van der Waals surface area (Å²) in [4.78, 5) is 14.6. The lowest BCUT2D eigenvalue weighted by molar-refractivity contribution is -0.126. The van der Waals surface area contributed by atoms with Crippen molar-refractivity contribution >= 4 is 27.7 Å². The minimum atomic E-state index is -3.51. The average Bonchev–Trinajstić information content (AvgIpc) is 2.84. The van der Waals surface area contributed by atoms with Crippen LogP contribution in [-0.4, -0.2) is 37.5 Å². The molecule has 0 saturated carbocycles. The molecule has 32 heavy (non-hydrogen) atoms. The quantitative estimate of drug-likeness (QED) is 0.723. The number of amides is 1. The zero-order valence-electron chi connectivity index (χ0n) is 18.3. The van der Waals surface area contributed by atoms with Crippen molar-refractivity contribution in [2.45, 2.75) is 60.8 Å². The molecule has 2 aromatic carbocycles. The van der Waals surface area contributed by atoms with E-state index < -0.39 is 10.0 Å². The summed E-state index contributed by atoms with van der Waals surface area (Å²) in [6.07, 6.45) is 6.38. The van der Waals surface area contributed by atoms with Crippen molar-refractivity contribution in [3.63, 3.8) is 0 Å². The fourth-order valence-corrected chi connectivity index (χ4v) is 7.81. The maximum absolute atomic E-state index is 13.2. The number of hydrogen-bond donors (Lipinski definition) is 1. The molecular formula is C25H30N2O3S2. The summed E-state index contributed by atoms with van der Waals surface area (Å²) in [5.41, 5.74) is 3.66. The molecular weight excluding hydrogens is 440 g/mol. The van der Waals surface area contributed by atoms with Crippen LogP contribution in [0.25, 0.3) is 0 Å². The largest absolute Gasteiger partial charge is 0.349 e. The van der Waals surface area contributed by atoms with Crippen LogP contribution in [0.4, 0.5) is 0 Å². The number of piperidine rings is 1. The number of hydrogen-bond acceptors (Lipinski definition) is 4. The van der Waals surface area contributed by atoms with Crippen LogP contribution in [0.2, 0.25) is 0 Å². The Balaban J connectivity index is 1.22. The van der Waals surface area contributed by atoms with Crippen LogP contribution in [0.15, 0.2) is 52.3 Å². The van der Waals surface area contributed by atoms with Crippen molar-refractivity contribution in [1.29, 1.82) is 0 Å². The molecule has 0 aromatic heterocycles. The standard InChI is InChI=1S/C25H30N2O3S2/c28-25(26-23-13-16-31-24-8-4-3-7-22(23)24)19-11-14-27(15-12-19)32(29,30)21-10-9-18-5-1-2-6-20(18)17-21/h3-4,7-10,17,19,23H,1-2,5-6,11-16H2,(H,26,28). The maximum Gasteiger partial charge on any atom is 0.243 e. The summed E-state index contributed by atoms with van der Waals surface area (Å²) in [6.45, 7) is 0.795. The second-order valence-corrected chi connectivity index (χ2v) is 12.1. The van der Waals surface area contributed by atoms with Crippen molar-refractivity contribution < 1.29 is 13.2 Å². The number of carbonyl (C=O) groups excluding carboxylic acids is 1. The summed E-state index contributed by atoms with van der Waals surface area (Å²) >= 11 is 1.84. The van der Waals surface area contributed by atoms with Gasteiger partial charge in [0.15, 0.2) is 0 Å². The first kappa shape index (κ1) is 22.0. The molecule has 1 fully saturated rings. The first-order valence-electron chi connectivity index (χ1n) is 11.7. The predicted molar refractivity (Wildman–Crippen MR) is 127 cm³/mol. The molecule has 1 atom stereocenters. The van der Waals surface area contributed by atoms with Gasteiger partial charge in [-0.05, 0) is 79.8 Å². The Morgan fingerprint density at radius 3 is 2.53 bits per heavy atom. The molecule has 1 N–H and O–H groups in total. The van der Waals surface area contributed by atoms with Crippen LogP contribution in [0, 0.1) is 5.92 Å². The zero-order valence-corrected chi connectivity index (χ0v) is 19.9. The molecule has 2 heterocycles. The third kappa shape index (κ3) is 4.35. The van der Waals surface area contributed by atoms with E-state index in [-0.39, 0.29) is 17.9 Å². The van der Waals surface area contributed by atoms with Crippen LogP contribution in [0.3, 0.4) is 0 Å². The highest BCUT2D eigenvalue weighted by Crippen LogP contribution is 2.36. The number of rotatable bonds is 4. The highest BCUT2D eigenvalue weighted by atomic mass is 32.2. The fourth-order valence-electron chi connectivity index (χ4n) is 5.16. The summed E-state index contributed by atoms with van der Waals surface area (Å²) in [5, 5.41) is 3.24. The summed E-state index contributed by atoms with van der Waals surface area (Å²) in [5.74, 6) is 0.925. The first-order valence-corrected chi connectivity index (χ1v) is 14.1. The van der Waals surface area contributed by atoms with E-state index in [1.54, 1.807) is 10.4 Å². The van der Waals surface area contributed by atoms with E-state index in [9.17, 15) is 13.2 Å². The van der Waals surface area contributed by atoms with Crippen molar-refractivity contribution in [2.75, 3.05) is 18.8 Å². The van der Waals surface area contributed by atoms with E-state index in [4.69, 9.17) is 0 Å². The van der Waals surface area contributed by atoms with Gasteiger partial charge in [0.2, 0.25) is 15.9 Å². The van der Waals surface area contributed by atoms with Gasteiger partial charge < -0.3 is 5.32 Å². The Morgan fingerprint density at radius 1 is 0.969 bits per heavy atom. The van der Waals surface area contributed by atoms with E-state index in [0.717, 1.165) is 31.4 Å². The third-order valence-corrected chi connectivity index (χ3v) is 10.1. The van der Waals surface area contributed by atoms with Gasteiger partial charge in [0, 0.05) is 29.7 Å². The molecule has 0 bridgehead atoms. The molecule has 1 aliphatic carbocycles. The van der Waals surface area contributed by atoms with Crippen molar-refractivity contribution in [1.82, 2.24) is 9.62 Å². The number of nitrogens with one attached hydrogen (secondary N) is 1. The number of aryl methyl sites for hydroxylation is 2. The van der Waals surface area contributed by atoms with Gasteiger partial charge in [-0.15, -0.1) is 11.8 Å². The normalized spacial score (nSPS) is 22.1. The third-order valence-electron chi connectivity index (χ3n) is 7.06. The molecule has 1 unspecified atom stereocenters. The molecule has 0 spiro atoms. The SMILES string of the molecule is O=C(NC1CCSc2ccccc21)C1CCN(S(=O)(=O)c2ccc3c(c2)CCCC3)CC1. The number of sulfonamides is 1. The molecule has 5 nitrogen and oxygen atoms in total. The Bertz CT molecular complexity index is 1110. The summed E-state index contributed by atoms with van der Waals surface area (Å²) in [7, 11) is -3.51. The van der Waals surface area contributed by atoms with Gasteiger partial charge in [-0.1, -0.05) is 24.3 Å². The lowest BCUT2D eigenvalue weighted by Crippen LogP contribution is -2.44. The smallest absolute Gasteiger partial charge is 0.243 e. The Kier molecular flexibility index (Phi) is 6.32. The Labute approximate surface area is 195 Å². The topological polar surface area (TPSA) is 66.5 Å². The van der Waals surface area contributed by atoms with Gasteiger partial charge in [0.05, 0.1) is 10.9 Å². The van der Waals surface area contributed by atoms with Gasteiger partial charge >= 0.3 is 0 Å². The van der Waals surface area contributed by atoms with E-state index in [0.29, 0.717) is 30.8 Å². The van der Waals surface area contributed by atoms with Gasteiger partial charge in [0.25, 0.3) is 0 Å². The molecule has 5 rings (SSSR count). The Morgan fingerprint density at radius 2 is 1.72 bits per heavy atom. The molecule has 7 heteroatoms. The van der Waals surface area contributed by atoms with Crippen molar-refractivity contribution in [2.24, 2.45) is 5.92 Å². The van der Waals surface area contributed by atoms with E-state index >= 15 is 0 Å². The Hall–Kier alpha value is -1.83. The number of thioether (sulfide) groups is 1. The lowest BCUT2D eigenvalue weighted by Gasteiger charge is -2.32. The lowest BCUT2D eigenvalue weighted by atomic mass is 9.92. The molecule has 1 amide bonds. The molecule has 0 radical (unpaired) electrons. The van der Waals surface area contributed by atoms with Gasteiger partial charge in [-0.3, -0.25) is 4.79 Å². The van der Waals surface area contributed by atoms with Crippen LogP contribution in [-0.2, 0) is 27.7 Å². The fraction of sp³-hybridized carbons (Fsp3) is 0.480. The zero-order chi connectivity index (χ0) is 22.1. The highest BCUT2D eigenvalue weighted by Gasteiger charge is 2.33. The first-order chi connectivity index (χ1) is 15.5. The molecule has 1 saturated heterocycles. The van der Waals surface area contributed by atoms with Crippen LogP contribution in [0.5, 0.6) is 0 Å². The average molecular weight is 471 g/mol. The van der Waals surface area contributed by atoms with E-state index in [2.05, 4.69) is 17.4 Å². The minimum Gasteiger partial charge on any atom is -0.349 e. The second-order valence-electron chi connectivity index (χ2n) is 9.05. The maximum atomic E-state index is 13.2. The van der Waals surface area contributed by atoms with Gasteiger partial charge in [-0.2, -0.15) is 4.31 Å². The number of nitrogens with zero attached hydrogens (tertiary/aromatic N) is 1. The van der Waals surface area contributed by atoms with Gasteiger partial charge in [0.1, 0.15) is 0 Å². The summed E-state index contributed by atoms with van der Waals surface area (Å²) < 4.78 is 28.0. The van der Waals surface area contributed by atoms with Crippen molar-refractivity contribution in [3.05, 3.63) is 59.2 Å². The van der Waals surface area contributed by atoms with Crippen LogP contribution in [0.1, 0.15) is 54.8 Å². The molecule has 2 aromatic rings. The van der Waals surface area contributed by atoms with Gasteiger partial charge in [-0.25, -0.2) is 8.42 Å². The monoisotopic (exact) mass is 470 g/mol. The summed E-state index contributed by atoms with van der Waals surface area (Å²) in [6, 6.07) is 13.9. The second kappa shape index (κ2) is 9.20. The van der Waals surface area contributed by atoms with Crippen LogP contribution < -0.4 is 5.32 Å². The molecule has 2 aliphatic heterocycles. The predicted octanol–water partition coefficient (Wildman–Crippen LogP) is 4.32. The van der Waals surface area contributed by atoms with Crippen LogP contribution >= 0.6 is 11.8 Å². The van der Waals surface area contributed by atoms with Crippen molar-refractivity contribution in [3.8, 4) is 0 Å². The minimum absolute atomic E-state index is 0.0530. The number of carbonyl (C=O) groups is 1. The molecule has 3 aliphatic rings. The highest BCUT2D eigenvalue weighted by molar-refractivity contribution is 7.99.